The summed E-state index contributed by atoms with van der Waals surface area (Å²) in [6, 6.07) is 5.65. The number of nitrogens with one attached hydrogen (secondary N) is 1. The molecular formula is C15H22N2O5S. The monoisotopic (exact) mass is 342 g/mol. The summed E-state index contributed by atoms with van der Waals surface area (Å²) in [7, 11) is -3.48. The molecule has 2 aliphatic rings. The van der Waals surface area contributed by atoms with Gasteiger partial charge in [0.15, 0.2) is 11.5 Å². The normalized spacial score (nSPS) is 24.8. The van der Waals surface area contributed by atoms with Gasteiger partial charge in [-0.3, -0.25) is 0 Å². The van der Waals surface area contributed by atoms with Gasteiger partial charge in [0.25, 0.3) is 10.2 Å². The van der Waals surface area contributed by atoms with Crippen molar-refractivity contribution in [2.24, 2.45) is 0 Å². The number of morpholine rings is 1. The van der Waals surface area contributed by atoms with Crippen molar-refractivity contribution in [2.45, 2.75) is 32.5 Å². The Kier molecular flexibility index (Phi) is 4.77. The van der Waals surface area contributed by atoms with Gasteiger partial charge in [0, 0.05) is 19.6 Å². The first kappa shape index (κ1) is 16.5. The summed E-state index contributed by atoms with van der Waals surface area (Å²) in [4.78, 5) is 0. The highest BCUT2D eigenvalue weighted by molar-refractivity contribution is 7.87. The largest absolute Gasteiger partial charge is 0.454 e. The molecular weight excluding hydrogens is 320 g/mol. The SMILES string of the molecule is C[C@@H]1CN(S(=O)(=O)NCCc2ccc3c(c2)OCO3)C[C@H](C)O1. The van der Waals surface area contributed by atoms with E-state index in [9.17, 15) is 8.42 Å². The maximum absolute atomic E-state index is 12.4. The third-order valence-electron chi connectivity index (χ3n) is 3.86. The fourth-order valence-corrected chi connectivity index (χ4v) is 4.19. The summed E-state index contributed by atoms with van der Waals surface area (Å²) >= 11 is 0. The lowest BCUT2D eigenvalue weighted by Gasteiger charge is -2.34. The van der Waals surface area contributed by atoms with Crippen molar-refractivity contribution >= 4 is 10.2 Å². The van der Waals surface area contributed by atoms with E-state index in [4.69, 9.17) is 14.2 Å². The van der Waals surface area contributed by atoms with Crippen molar-refractivity contribution in [1.82, 2.24) is 9.03 Å². The molecule has 0 aromatic heterocycles. The van der Waals surface area contributed by atoms with Crippen molar-refractivity contribution in [3.63, 3.8) is 0 Å². The maximum Gasteiger partial charge on any atom is 0.279 e. The van der Waals surface area contributed by atoms with Crippen LogP contribution in [0.4, 0.5) is 0 Å². The van der Waals surface area contributed by atoms with Crippen LogP contribution in [0, 0.1) is 0 Å². The molecule has 2 atom stereocenters. The maximum atomic E-state index is 12.4. The van der Waals surface area contributed by atoms with E-state index in [1.54, 1.807) is 0 Å². The topological polar surface area (TPSA) is 77.1 Å². The first-order valence-corrected chi connectivity index (χ1v) is 9.17. The molecule has 3 rings (SSSR count). The molecule has 8 heteroatoms. The Morgan fingerprint density at radius 3 is 2.61 bits per heavy atom. The molecule has 1 N–H and O–H groups in total. The second kappa shape index (κ2) is 6.64. The number of hydrogen-bond acceptors (Lipinski definition) is 5. The zero-order chi connectivity index (χ0) is 16.4. The molecule has 0 aliphatic carbocycles. The molecule has 128 valence electrons. The van der Waals surface area contributed by atoms with Gasteiger partial charge in [-0.1, -0.05) is 6.07 Å². The Morgan fingerprint density at radius 2 is 1.87 bits per heavy atom. The lowest BCUT2D eigenvalue weighted by molar-refractivity contribution is -0.0443. The van der Waals surface area contributed by atoms with E-state index in [0.29, 0.717) is 31.8 Å². The number of nitrogens with zero attached hydrogens (tertiary/aromatic N) is 1. The molecule has 0 unspecified atom stereocenters. The summed E-state index contributed by atoms with van der Waals surface area (Å²) in [6.45, 7) is 5.09. The molecule has 1 aromatic carbocycles. The van der Waals surface area contributed by atoms with Crippen LogP contribution < -0.4 is 14.2 Å². The van der Waals surface area contributed by atoms with Gasteiger partial charge in [-0.05, 0) is 38.0 Å². The van der Waals surface area contributed by atoms with Crippen LogP contribution in [0.5, 0.6) is 11.5 Å². The summed E-state index contributed by atoms with van der Waals surface area (Å²) in [5.74, 6) is 1.44. The number of fused-ring (bicyclic) bond motifs is 1. The fourth-order valence-electron chi connectivity index (χ4n) is 2.84. The number of rotatable bonds is 5. The summed E-state index contributed by atoms with van der Waals surface area (Å²) in [6.07, 6.45) is 0.402. The quantitative estimate of drug-likeness (QED) is 0.860. The highest BCUT2D eigenvalue weighted by atomic mass is 32.2. The Labute approximate surface area is 136 Å². The molecule has 0 bridgehead atoms. The molecule has 2 heterocycles. The molecule has 0 spiro atoms. The van der Waals surface area contributed by atoms with Crippen LogP contribution in [0.25, 0.3) is 0 Å². The smallest absolute Gasteiger partial charge is 0.279 e. The lowest BCUT2D eigenvalue weighted by atomic mass is 10.1. The number of benzene rings is 1. The molecule has 2 aliphatic heterocycles. The molecule has 1 aromatic rings. The zero-order valence-corrected chi connectivity index (χ0v) is 14.1. The van der Waals surface area contributed by atoms with Crippen molar-refractivity contribution in [3.05, 3.63) is 23.8 Å². The predicted molar refractivity (Wildman–Crippen MR) is 84.8 cm³/mol. The minimum absolute atomic E-state index is 0.0933. The van der Waals surface area contributed by atoms with Crippen LogP contribution in [-0.4, -0.2) is 51.4 Å². The Balaban J connectivity index is 1.55. The van der Waals surface area contributed by atoms with E-state index in [1.165, 1.54) is 4.31 Å². The van der Waals surface area contributed by atoms with Crippen molar-refractivity contribution in [1.29, 1.82) is 0 Å². The number of hydrogen-bond donors (Lipinski definition) is 1. The highest BCUT2D eigenvalue weighted by Crippen LogP contribution is 2.32. The van der Waals surface area contributed by atoms with Crippen LogP contribution in [0.1, 0.15) is 19.4 Å². The summed E-state index contributed by atoms with van der Waals surface area (Å²) < 4.78 is 45.0. The number of ether oxygens (including phenoxy) is 3. The van der Waals surface area contributed by atoms with Crippen LogP contribution in [-0.2, 0) is 21.4 Å². The molecule has 1 saturated heterocycles. The average Bonchev–Trinajstić information content (AvgIpc) is 2.93. The van der Waals surface area contributed by atoms with Gasteiger partial charge in [-0.25, -0.2) is 4.72 Å². The van der Waals surface area contributed by atoms with Gasteiger partial charge in [0.2, 0.25) is 6.79 Å². The van der Waals surface area contributed by atoms with Crippen LogP contribution in [0.3, 0.4) is 0 Å². The molecule has 0 amide bonds. The minimum Gasteiger partial charge on any atom is -0.454 e. The molecule has 0 radical (unpaired) electrons. The Bertz CT molecular complexity index is 654. The van der Waals surface area contributed by atoms with E-state index in [2.05, 4.69) is 4.72 Å². The van der Waals surface area contributed by atoms with Gasteiger partial charge >= 0.3 is 0 Å². The van der Waals surface area contributed by atoms with E-state index >= 15 is 0 Å². The van der Waals surface area contributed by atoms with Crippen LogP contribution >= 0.6 is 0 Å². The Morgan fingerprint density at radius 1 is 1.17 bits per heavy atom. The zero-order valence-electron chi connectivity index (χ0n) is 13.3. The van der Waals surface area contributed by atoms with Crippen molar-refractivity contribution in [2.75, 3.05) is 26.4 Å². The highest BCUT2D eigenvalue weighted by Gasteiger charge is 2.30. The molecule has 23 heavy (non-hydrogen) atoms. The fraction of sp³-hybridized carbons (Fsp3) is 0.600. The standard InChI is InChI=1S/C15H22N2O5S/c1-11-8-17(9-12(2)22-11)23(18,19)16-6-5-13-3-4-14-15(7-13)21-10-20-14/h3-4,7,11-12,16H,5-6,8-10H2,1-2H3/t11-,12+. The third kappa shape index (κ3) is 3.95. The van der Waals surface area contributed by atoms with E-state index in [1.807, 2.05) is 32.0 Å². The lowest BCUT2D eigenvalue weighted by Crippen LogP contribution is -2.52. The average molecular weight is 342 g/mol. The van der Waals surface area contributed by atoms with E-state index < -0.39 is 10.2 Å². The van der Waals surface area contributed by atoms with E-state index in [0.717, 1.165) is 11.3 Å². The van der Waals surface area contributed by atoms with E-state index in [-0.39, 0.29) is 19.0 Å². The van der Waals surface area contributed by atoms with Gasteiger partial charge in [0.05, 0.1) is 12.2 Å². The van der Waals surface area contributed by atoms with Crippen molar-refractivity contribution < 1.29 is 22.6 Å². The van der Waals surface area contributed by atoms with Gasteiger partial charge < -0.3 is 14.2 Å². The summed E-state index contributed by atoms with van der Waals surface area (Å²) in [5.41, 5.74) is 1.00. The molecule has 1 fully saturated rings. The summed E-state index contributed by atoms with van der Waals surface area (Å²) in [5, 5.41) is 0. The first-order valence-electron chi connectivity index (χ1n) is 7.73. The van der Waals surface area contributed by atoms with Crippen molar-refractivity contribution in [3.8, 4) is 11.5 Å². The third-order valence-corrected chi connectivity index (χ3v) is 5.41. The Hall–Kier alpha value is -1.35. The molecule has 7 nitrogen and oxygen atoms in total. The molecule has 0 saturated carbocycles. The second-order valence-corrected chi connectivity index (χ2v) is 7.67. The second-order valence-electron chi connectivity index (χ2n) is 5.91. The minimum atomic E-state index is -3.48. The predicted octanol–water partition coefficient (Wildman–Crippen LogP) is 0.901. The van der Waals surface area contributed by atoms with Gasteiger partial charge in [-0.15, -0.1) is 0 Å². The van der Waals surface area contributed by atoms with Crippen LogP contribution in [0.2, 0.25) is 0 Å². The van der Waals surface area contributed by atoms with Crippen LogP contribution in [0.15, 0.2) is 18.2 Å². The van der Waals surface area contributed by atoms with Gasteiger partial charge in [-0.2, -0.15) is 12.7 Å². The van der Waals surface area contributed by atoms with Gasteiger partial charge in [0.1, 0.15) is 0 Å². The first-order chi connectivity index (χ1) is 10.9.